The molecule has 1 amide bonds. The molecule has 0 aromatic carbocycles. The van der Waals surface area contributed by atoms with Crippen LogP contribution in [-0.4, -0.2) is 119 Å². The maximum absolute atomic E-state index is 12.7. The zero-order chi connectivity index (χ0) is 32.6. The Morgan fingerprint density at radius 2 is 1.45 bits per heavy atom. The number of carbonyl (C=O) groups is 3. The number of anilines is 1. The van der Waals surface area contributed by atoms with Crippen LogP contribution in [0.2, 0.25) is 0 Å². The third-order valence-electron chi connectivity index (χ3n) is 7.30. The minimum absolute atomic E-state index is 0.0642. The smallest absolute Gasteiger partial charge is 0.306 e. The largest absolute Gasteiger partial charge is 0.462 e. The number of aliphatic hydroxyl groups excluding tert-OH is 5. The van der Waals surface area contributed by atoms with Crippen molar-refractivity contribution in [3.63, 3.8) is 0 Å². The van der Waals surface area contributed by atoms with Crippen molar-refractivity contribution in [1.82, 2.24) is 15.0 Å². The van der Waals surface area contributed by atoms with Crippen LogP contribution in [0.15, 0.2) is 6.20 Å². The van der Waals surface area contributed by atoms with E-state index in [-0.39, 0.29) is 42.3 Å². The summed E-state index contributed by atoms with van der Waals surface area (Å²) in [4.78, 5) is 37.2. The molecule has 0 radical (unpaired) electrons. The molecule has 8 N–H and O–H groups in total. The summed E-state index contributed by atoms with van der Waals surface area (Å²) < 4.78 is 11.9. The number of ether oxygens (including phenoxy) is 2. The van der Waals surface area contributed by atoms with E-state index in [1.165, 1.54) is 18.0 Å². The van der Waals surface area contributed by atoms with E-state index in [0.717, 1.165) is 49.6 Å². The standard InChI is InChI=1S/C28H49N5O10S/c1-3-5-7-9-11-20(34)42-14-17(43-21(35)12-10-8-6-4-2)15-44-16-18(29)28(41)30-19-13-33(32-31-19)22-23(36)25(38)27(40)26(39)24(22)37/h13,17-18,22-27,36-40H,3-12,14-16,29H2,1-2H3,(H,30,41)/t17-,18-,22-,23+,24+,25+,26-,27-/m1/s1. The number of carbonyl (C=O) groups excluding carboxylic acids is 3. The molecule has 1 aromatic heterocycles. The highest BCUT2D eigenvalue weighted by molar-refractivity contribution is 7.99. The summed E-state index contributed by atoms with van der Waals surface area (Å²) in [6.45, 7) is 4.07. The maximum atomic E-state index is 12.7. The van der Waals surface area contributed by atoms with Gasteiger partial charge in [-0.25, -0.2) is 4.68 Å². The number of amides is 1. The Kier molecular flexibility index (Phi) is 17.1. The second-order valence-corrected chi connectivity index (χ2v) is 12.2. The Bertz CT molecular complexity index is 1000. The maximum Gasteiger partial charge on any atom is 0.306 e. The summed E-state index contributed by atoms with van der Waals surface area (Å²) in [5.74, 6) is -1.04. The number of nitrogens with two attached hydrogens (primary N) is 1. The fraction of sp³-hybridized carbons (Fsp3) is 0.821. The molecule has 15 nitrogen and oxygen atoms in total. The number of hydrogen-bond donors (Lipinski definition) is 7. The lowest BCUT2D eigenvalue weighted by molar-refractivity contribution is -0.200. The van der Waals surface area contributed by atoms with E-state index in [2.05, 4.69) is 29.5 Å². The molecular weight excluding hydrogens is 598 g/mol. The van der Waals surface area contributed by atoms with E-state index in [9.17, 15) is 39.9 Å². The van der Waals surface area contributed by atoms with E-state index in [0.29, 0.717) is 12.8 Å². The molecule has 0 aliphatic heterocycles. The van der Waals surface area contributed by atoms with Crippen molar-refractivity contribution in [2.75, 3.05) is 23.4 Å². The van der Waals surface area contributed by atoms with Gasteiger partial charge in [-0.3, -0.25) is 14.4 Å². The molecule has 16 heteroatoms. The van der Waals surface area contributed by atoms with Crippen molar-refractivity contribution in [2.24, 2.45) is 5.73 Å². The third-order valence-corrected chi connectivity index (χ3v) is 8.50. The molecule has 1 heterocycles. The number of hydrogen-bond acceptors (Lipinski definition) is 14. The molecular formula is C28H49N5O10S. The van der Waals surface area contributed by atoms with E-state index in [1.807, 2.05) is 0 Å². The topological polar surface area (TPSA) is 240 Å². The van der Waals surface area contributed by atoms with Crippen molar-refractivity contribution in [2.45, 2.75) is 127 Å². The number of esters is 2. The van der Waals surface area contributed by atoms with Gasteiger partial charge in [0.1, 0.15) is 49.3 Å². The highest BCUT2D eigenvalue weighted by Crippen LogP contribution is 2.30. The van der Waals surface area contributed by atoms with Crippen LogP contribution in [0, 0.1) is 0 Å². The number of nitrogens with one attached hydrogen (secondary N) is 1. The van der Waals surface area contributed by atoms with Gasteiger partial charge in [0.15, 0.2) is 5.82 Å². The van der Waals surface area contributed by atoms with Gasteiger partial charge in [0.2, 0.25) is 5.91 Å². The summed E-state index contributed by atoms with van der Waals surface area (Å²) in [5, 5.41) is 60.2. The second kappa shape index (κ2) is 19.9. The van der Waals surface area contributed by atoms with Crippen molar-refractivity contribution in [1.29, 1.82) is 0 Å². The van der Waals surface area contributed by atoms with Crippen LogP contribution in [0.4, 0.5) is 5.82 Å². The number of thioether (sulfide) groups is 1. The van der Waals surface area contributed by atoms with E-state index in [4.69, 9.17) is 15.2 Å². The van der Waals surface area contributed by atoms with Gasteiger partial charge >= 0.3 is 11.9 Å². The zero-order valence-electron chi connectivity index (χ0n) is 25.5. The van der Waals surface area contributed by atoms with Gasteiger partial charge in [-0.05, 0) is 12.8 Å². The van der Waals surface area contributed by atoms with Gasteiger partial charge < -0.3 is 46.1 Å². The molecule has 0 bridgehead atoms. The number of unbranched alkanes of at least 4 members (excludes halogenated alkanes) is 6. The average Bonchev–Trinajstić information content (AvgIpc) is 3.45. The predicted octanol–water partition coefficient (Wildman–Crippen LogP) is 0.0321. The first kappa shape index (κ1) is 37.8. The number of rotatable bonds is 20. The number of aromatic nitrogens is 3. The molecule has 1 fully saturated rings. The molecule has 2 rings (SSSR count). The lowest BCUT2D eigenvalue weighted by Crippen LogP contribution is -2.61. The molecule has 0 saturated heterocycles. The Balaban J connectivity index is 1.87. The second-order valence-electron chi connectivity index (χ2n) is 11.1. The van der Waals surface area contributed by atoms with Crippen LogP contribution in [0.3, 0.4) is 0 Å². The SMILES string of the molecule is CCCCCCC(=O)OC[C@H](CSC[C@@H](N)C(=O)Nc1cn([C@@H]2[C@H](O)[C@H](O)[C@@H](O)[C@H](O)[C@H]2O)nn1)OC(=O)CCCCCC. The summed E-state index contributed by atoms with van der Waals surface area (Å²) in [6, 6.07) is -2.36. The first-order valence-corrected chi connectivity index (χ1v) is 16.5. The normalized spacial score (nSPS) is 24.8. The van der Waals surface area contributed by atoms with Crippen molar-refractivity contribution in [3.8, 4) is 0 Å². The Hall–Kier alpha value is -2.34. The van der Waals surface area contributed by atoms with Gasteiger partial charge in [0.25, 0.3) is 0 Å². The molecule has 0 unspecified atom stereocenters. The first-order chi connectivity index (χ1) is 21.0. The first-order valence-electron chi connectivity index (χ1n) is 15.3. The highest BCUT2D eigenvalue weighted by atomic mass is 32.2. The summed E-state index contributed by atoms with van der Waals surface area (Å²) in [5.41, 5.74) is 6.04. The minimum atomic E-state index is -1.76. The van der Waals surface area contributed by atoms with E-state index in [1.54, 1.807) is 0 Å². The Morgan fingerprint density at radius 3 is 2.05 bits per heavy atom. The molecule has 1 aromatic rings. The zero-order valence-corrected chi connectivity index (χ0v) is 26.3. The third kappa shape index (κ3) is 12.2. The Morgan fingerprint density at radius 1 is 0.886 bits per heavy atom. The van der Waals surface area contributed by atoms with Crippen molar-refractivity contribution >= 4 is 35.4 Å². The van der Waals surface area contributed by atoms with Crippen molar-refractivity contribution < 1.29 is 49.4 Å². The fourth-order valence-electron chi connectivity index (χ4n) is 4.64. The van der Waals surface area contributed by atoms with Crippen LogP contribution < -0.4 is 11.1 Å². The molecule has 1 saturated carbocycles. The van der Waals surface area contributed by atoms with E-state index >= 15 is 0 Å². The van der Waals surface area contributed by atoms with Gasteiger partial charge in [-0.15, -0.1) is 5.10 Å². The Labute approximate surface area is 261 Å². The minimum Gasteiger partial charge on any atom is -0.462 e. The summed E-state index contributed by atoms with van der Waals surface area (Å²) in [7, 11) is 0. The van der Waals surface area contributed by atoms with Crippen LogP contribution in [0.5, 0.6) is 0 Å². The van der Waals surface area contributed by atoms with Crippen LogP contribution in [0.1, 0.15) is 84.1 Å². The van der Waals surface area contributed by atoms with Crippen LogP contribution in [-0.2, 0) is 23.9 Å². The summed E-state index contributed by atoms with van der Waals surface area (Å²) >= 11 is 1.25. The van der Waals surface area contributed by atoms with Crippen molar-refractivity contribution in [3.05, 3.63) is 6.20 Å². The average molecular weight is 648 g/mol. The van der Waals surface area contributed by atoms with Crippen LogP contribution in [0.25, 0.3) is 0 Å². The quantitative estimate of drug-likeness (QED) is 0.0730. The van der Waals surface area contributed by atoms with Gasteiger partial charge in [-0.2, -0.15) is 11.8 Å². The molecule has 1 aliphatic rings. The van der Waals surface area contributed by atoms with E-state index < -0.39 is 54.6 Å². The monoisotopic (exact) mass is 647 g/mol. The molecule has 44 heavy (non-hydrogen) atoms. The summed E-state index contributed by atoms with van der Waals surface area (Å²) in [6.07, 6.45) is -0.0951. The van der Waals surface area contributed by atoms with Gasteiger partial charge in [-0.1, -0.05) is 57.6 Å². The lowest BCUT2D eigenvalue weighted by Gasteiger charge is -2.41. The van der Waals surface area contributed by atoms with Gasteiger partial charge in [0, 0.05) is 24.3 Å². The highest BCUT2D eigenvalue weighted by Gasteiger charge is 2.49. The van der Waals surface area contributed by atoms with Crippen LogP contribution >= 0.6 is 11.8 Å². The molecule has 0 spiro atoms. The number of nitrogens with zero attached hydrogens (tertiary/aromatic N) is 3. The molecule has 1 aliphatic carbocycles. The molecule has 8 atom stereocenters. The predicted molar refractivity (Wildman–Crippen MR) is 161 cm³/mol. The lowest BCUT2D eigenvalue weighted by atomic mass is 9.83. The van der Waals surface area contributed by atoms with Gasteiger partial charge in [0.05, 0.1) is 12.2 Å². The molecule has 252 valence electrons. The number of aliphatic hydroxyl groups is 5. The fourth-order valence-corrected chi connectivity index (χ4v) is 5.61.